The maximum atomic E-state index is 5.77. The lowest BCUT2D eigenvalue weighted by atomic mass is 10.1. The van der Waals surface area contributed by atoms with Crippen molar-refractivity contribution in [2.45, 2.75) is 25.6 Å². The molecule has 4 nitrogen and oxygen atoms in total. The van der Waals surface area contributed by atoms with Crippen molar-refractivity contribution < 1.29 is 4.74 Å². The van der Waals surface area contributed by atoms with Gasteiger partial charge in [0.25, 0.3) is 0 Å². The first-order valence-electron chi connectivity index (χ1n) is 5.15. The van der Waals surface area contributed by atoms with Crippen molar-refractivity contribution in [1.29, 1.82) is 0 Å². The van der Waals surface area contributed by atoms with Gasteiger partial charge in [-0.2, -0.15) is 5.10 Å². The first-order valence-corrected chi connectivity index (χ1v) is 5.15. The minimum Gasteiger partial charge on any atom is -0.372 e. The number of aromatic nitrogens is 2. The van der Waals surface area contributed by atoms with Gasteiger partial charge in [-0.25, -0.2) is 0 Å². The number of hydrogen-bond acceptors (Lipinski definition) is 3. The Bertz CT molecular complexity index is 279. The standard InChI is InChI=1S/C10H17N3O/c1-13-7-4-9(12-13)8-14-10-2-5-11-6-3-10/h4,7,10-11H,2-3,5-6,8H2,1H3. The number of piperidine rings is 1. The number of nitrogens with zero attached hydrogens (tertiary/aromatic N) is 2. The van der Waals surface area contributed by atoms with E-state index in [2.05, 4.69) is 10.4 Å². The molecule has 0 radical (unpaired) electrons. The molecule has 1 saturated heterocycles. The van der Waals surface area contributed by atoms with E-state index in [0.29, 0.717) is 12.7 Å². The highest BCUT2D eigenvalue weighted by Gasteiger charge is 2.13. The summed E-state index contributed by atoms with van der Waals surface area (Å²) in [5.41, 5.74) is 1.02. The zero-order chi connectivity index (χ0) is 9.80. The molecule has 0 spiro atoms. The van der Waals surface area contributed by atoms with E-state index in [4.69, 9.17) is 4.74 Å². The molecular weight excluding hydrogens is 178 g/mol. The fraction of sp³-hybridized carbons (Fsp3) is 0.700. The summed E-state index contributed by atoms with van der Waals surface area (Å²) in [6.07, 6.45) is 4.60. The van der Waals surface area contributed by atoms with E-state index in [0.717, 1.165) is 31.6 Å². The molecule has 0 unspecified atom stereocenters. The van der Waals surface area contributed by atoms with Crippen molar-refractivity contribution in [3.8, 4) is 0 Å². The summed E-state index contributed by atoms with van der Waals surface area (Å²) in [5.74, 6) is 0. The van der Waals surface area contributed by atoms with Gasteiger partial charge in [-0.3, -0.25) is 4.68 Å². The summed E-state index contributed by atoms with van der Waals surface area (Å²) in [6.45, 7) is 2.80. The number of ether oxygens (including phenoxy) is 1. The molecule has 78 valence electrons. The van der Waals surface area contributed by atoms with Crippen LogP contribution in [-0.2, 0) is 18.4 Å². The van der Waals surface area contributed by atoms with Gasteiger partial charge in [0.1, 0.15) is 0 Å². The van der Waals surface area contributed by atoms with Crippen LogP contribution in [0.2, 0.25) is 0 Å². The van der Waals surface area contributed by atoms with Crippen molar-refractivity contribution in [3.63, 3.8) is 0 Å². The summed E-state index contributed by atoms with van der Waals surface area (Å²) in [5, 5.41) is 7.59. The first-order chi connectivity index (χ1) is 6.84. The predicted molar refractivity (Wildman–Crippen MR) is 53.9 cm³/mol. The molecule has 1 aromatic heterocycles. The summed E-state index contributed by atoms with van der Waals surface area (Å²) in [6, 6.07) is 2.00. The lowest BCUT2D eigenvalue weighted by Gasteiger charge is -2.22. The summed E-state index contributed by atoms with van der Waals surface area (Å²) in [4.78, 5) is 0. The SMILES string of the molecule is Cn1ccc(COC2CCNCC2)n1. The van der Waals surface area contributed by atoms with Crippen LogP contribution in [0.15, 0.2) is 12.3 Å². The Kier molecular flexibility index (Phi) is 3.16. The van der Waals surface area contributed by atoms with Crippen molar-refractivity contribution in [2.75, 3.05) is 13.1 Å². The molecule has 0 bridgehead atoms. The Balaban J connectivity index is 1.76. The highest BCUT2D eigenvalue weighted by molar-refractivity contribution is 4.96. The highest BCUT2D eigenvalue weighted by atomic mass is 16.5. The van der Waals surface area contributed by atoms with Gasteiger partial charge in [0.2, 0.25) is 0 Å². The van der Waals surface area contributed by atoms with Gasteiger partial charge >= 0.3 is 0 Å². The smallest absolute Gasteiger partial charge is 0.0910 e. The predicted octanol–water partition coefficient (Wildman–Crippen LogP) is 0.689. The van der Waals surface area contributed by atoms with Gasteiger partial charge in [0, 0.05) is 13.2 Å². The molecule has 0 saturated carbocycles. The van der Waals surface area contributed by atoms with Crippen LogP contribution >= 0.6 is 0 Å². The molecule has 1 aromatic rings. The van der Waals surface area contributed by atoms with Gasteiger partial charge < -0.3 is 10.1 Å². The van der Waals surface area contributed by atoms with E-state index in [1.807, 2.05) is 19.3 Å². The number of nitrogens with one attached hydrogen (secondary N) is 1. The molecule has 0 aliphatic carbocycles. The minimum absolute atomic E-state index is 0.415. The Morgan fingerprint density at radius 3 is 3.00 bits per heavy atom. The van der Waals surface area contributed by atoms with Crippen LogP contribution < -0.4 is 5.32 Å². The molecule has 1 aliphatic heterocycles. The van der Waals surface area contributed by atoms with Gasteiger partial charge in [-0.15, -0.1) is 0 Å². The normalized spacial score (nSPS) is 18.6. The van der Waals surface area contributed by atoms with Crippen LogP contribution in [0.4, 0.5) is 0 Å². The zero-order valence-electron chi connectivity index (χ0n) is 8.57. The van der Waals surface area contributed by atoms with Crippen molar-refractivity contribution in [1.82, 2.24) is 15.1 Å². The van der Waals surface area contributed by atoms with Gasteiger partial charge in [-0.1, -0.05) is 0 Å². The van der Waals surface area contributed by atoms with Crippen molar-refractivity contribution >= 4 is 0 Å². The lowest BCUT2D eigenvalue weighted by Crippen LogP contribution is -2.32. The molecule has 2 rings (SSSR count). The molecule has 4 heteroatoms. The van der Waals surface area contributed by atoms with E-state index in [-0.39, 0.29) is 0 Å². The topological polar surface area (TPSA) is 39.1 Å². The maximum absolute atomic E-state index is 5.77. The lowest BCUT2D eigenvalue weighted by molar-refractivity contribution is 0.0194. The van der Waals surface area contributed by atoms with Crippen molar-refractivity contribution in [2.24, 2.45) is 7.05 Å². The molecule has 0 amide bonds. The third-order valence-electron chi connectivity index (χ3n) is 2.52. The number of hydrogen-bond donors (Lipinski definition) is 1. The molecule has 1 fully saturated rings. The van der Waals surface area contributed by atoms with Crippen LogP contribution in [0.3, 0.4) is 0 Å². The summed E-state index contributed by atoms with van der Waals surface area (Å²) < 4.78 is 7.57. The molecular formula is C10H17N3O. The van der Waals surface area contributed by atoms with E-state index in [1.165, 1.54) is 0 Å². The fourth-order valence-electron chi connectivity index (χ4n) is 1.71. The largest absolute Gasteiger partial charge is 0.372 e. The first kappa shape index (κ1) is 9.68. The second-order valence-corrected chi connectivity index (χ2v) is 3.74. The third kappa shape index (κ3) is 2.56. The molecule has 2 heterocycles. The molecule has 0 atom stereocenters. The average molecular weight is 195 g/mol. The van der Waals surface area contributed by atoms with Gasteiger partial charge in [0.15, 0.2) is 0 Å². The number of rotatable bonds is 3. The average Bonchev–Trinajstić information content (AvgIpc) is 2.63. The maximum Gasteiger partial charge on any atom is 0.0910 e. The Hall–Kier alpha value is -0.870. The minimum atomic E-state index is 0.415. The Labute approximate surface area is 84.3 Å². The van der Waals surface area contributed by atoms with Crippen LogP contribution in [-0.4, -0.2) is 29.0 Å². The molecule has 1 aliphatic rings. The number of aryl methyl sites for hydroxylation is 1. The van der Waals surface area contributed by atoms with E-state index >= 15 is 0 Å². The van der Waals surface area contributed by atoms with Crippen LogP contribution in [0.25, 0.3) is 0 Å². The summed E-state index contributed by atoms with van der Waals surface area (Å²) in [7, 11) is 1.92. The van der Waals surface area contributed by atoms with E-state index in [1.54, 1.807) is 4.68 Å². The quantitative estimate of drug-likeness (QED) is 0.771. The second kappa shape index (κ2) is 4.57. The van der Waals surface area contributed by atoms with Crippen molar-refractivity contribution in [3.05, 3.63) is 18.0 Å². The van der Waals surface area contributed by atoms with Crippen LogP contribution in [0, 0.1) is 0 Å². The van der Waals surface area contributed by atoms with Crippen LogP contribution in [0.1, 0.15) is 18.5 Å². The second-order valence-electron chi connectivity index (χ2n) is 3.74. The summed E-state index contributed by atoms with van der Waals surface area (Å²) >= 11 is 0. The molecule has 14 heavy (non-hydrogen) atoms. The van der Waals surface area contributed by atoms with E-state index < -0.39 is 0 Å². The monoisotopic (exact) mass is 195 g/mol. The fourth-order valence-corrected chi connectivity index (χ4v) is 1.71. The zero-order valence-corrected chi connectivity index (χ0v) is 8.57. The van der Waals surface area contributed by atoms with Crippen LogP contribution in [0.5, 0.6) is 0 Å². The van der Waals surface area contributed by atoms with Gasteiger partial charge in [0.05, 0.1) is 18.4 Å². The highest BCUT2D eigenvalue weighted by Crippen LogP contribution is 2.09. The van der Waals surface area contributed by atoms with Gasteiger partial charge in [-0.05, 0) is 32.0 Å². The molecule has 0 aromatic carbocycles. The Morgan fingerprint density at radius 1 is 1.57 bits per heavy atom. The van der Waals surface area contributed by atoms with E-state index in [9.17, 15) is 0 Å². The Morgan fingerprint density at radius 2 is 2.36 bits per heavy atom. The molecule has 1 N–H and O–H groups in total. The third-order valence-corrected chi connectivity index (χ3v) is 2.52.